The maximum atomic E-state index is 11.6. The van der Waals surface area contributed by atoms with Crippen molar-refractivity contribution in [2.75, 3.05) is 11.1 Å². The van der Waals surface area contributed by atoms with Crippen molar-refractivity contribution in [3.05, 3.63) is 29.3 Å². The fourth-order valence-electron chi connectivity index (χ4n) is 1.29. The number of aliphatic carboxylic acids is 1. The molecule has 98 valence electrons. The van der Waals surface area contributed by atoms with Crippen LogP contribution < -0.4 is 5.32 Å². The van der Waals surface area contributed by atoms with Crippen LogP contribution in [0.4, 0.5) is 5.69 Å². The Kier molecular flexibility index (Phi) is 5.22. The van der Waals surface area contributed by atoms with Crippen molar-refractivity contribution < 1.29 is 14.7 Å². The summed E-state index contributed by atoms with van der Waals surface area (Å²) < 4.78 is 0. The number of thioether (sulfide) groups is 1. The maximum absolute atomic E-state index is 11.6. The molecule has 1 aromatic rings. The minimum absolute atomic E-state index is 0.139. The lowest BCUT2D eigenvalue weighted by Gasteiger charge is -2.09. The number of hydrogen-bond acceptors (Lipinski definition) is 3. The molecule has 0 saturated heterocycles. The molecule has 0 aliphatic carbocycles. The van der Waals surface area contributed by atoms with Crippen LogP contribution in [-0.2, 0) is 9.59 Å². The summed E-state index contributed by atoms with van der Waals surface area (Å²) in [5.41, 5.74) is 3.02. The Labute approximate surface area is 111 Å². The number of hydrogen-bond donors (Lipinski definition) is 2. The number of nitrogens with one attached hydrogen (secondary N) is 1. The zero-order valence-corrected chi connectivity index (χ0v) is 11.5. The van der Waals surface area contributed by atoms with E-state index in [1.807, 2.05) is 32.0 Å². The molecule has 1 unspecified atom stereocenters. The van der Waals surface area contributed by atoms with Gasteiger partial charge in [0.15, 0.2) is 0 Å². The molecule has 0 bridgehead atoms. The van der Waals surface area contributed by atoms with Gasteiger partial charge in [0.25, 0.3) is 0 Å². The number of carbonyl (C=O) groups excluding carboxylic acids is 1. The molecule has 1 atom stereocenters. The van der Waals surface area contributed by atoms with Crippen molar-refractivity contribution in [2.24, 2.45) is 0 Å². The topological polar surface area (TPSA) is 66.4 Å². The predicted octanol–water partition coefficient (Wildman–Crippen LogP) is 2.45. The lowest BCUT2D eigenvalue weighted by molar-refractivity contribution is -0.136. The van der Waals surface area contributed by atoms with E-state index in [9.17, 15) is 9.59 Å². The molecule has 0 aliphatic rings. The SMILES string of the molecule is Cc1ccc(NC(=O)CSC(C)C(=O)O)cc1C. The number of carbonyl (C=O) groups is 2. The van der Waals surface area contributed by atoms with Gasteiger partial charge < -0.3 is 10.4 Å². The van der Waals surface area contributed by atoms with E-state index in [4.69, 9.17) is 5.11 Å². The van der Waals surface area contributed by atoms with Crippen LogP contribution in [0.15, 0.2) is 18.2 Å². The first-order chi connectivity index (χ1) is 8.40. The van der Waals surface area contributed by atoms with Crippen LogP contribution in [0, 0.1) is 13.8 Å². The second kappa shape index (κ2) is 6.44. The van der Waals surface area contributed by atoms with Crippen LogP contribution in [0.3, 0.4) is 0 Å². The average molecular weight is 267 g/mol. The van der Waals surface area contributed by atoms with E-state index < -0.39 is 11.2 Å². The Morgan fingerprint density at radius 1 is 1.33 bits per heavy atom. The largest absolute Gasteiger partial charge is 0.480 e. The first-order valence-electron chi connectivity index (χ1n) is 5.61. The van der Waals surface area contributed by atoms with Crippen LogP contribution in [-0.4, -0.2) is 28.0 Å². The lowest BCUT2D eigenvalue weighted by Crippen LogP contribution is -2.19. The van der Waals surface area contributed by atoms with E-state index in [1.54, 1.807) is 6.92 Å². The monoisotopic (exact) mass is 267 g/mol. The summed E-state index contributed by atoms with van der Waals surface area (Å²) >= 11 is 1.11. The van der Waals surface area contributed by atoms with Crippen LogP contribution in [0.25, 0.3) is 0 Å². The third-order valence-electron chi connectivity index (χ3n) is 2.60. The van der Waals surface area contributed by atoms with E-state index in [1.165, 1.54) is 5.56 Å². The molecule has 5 heteroatoms. The smallest absolute Gasteiger partial charge is 0.316 e. The molecule has 18 heavy (non-hydrogen) atoms. The zero-order valence-electron chi connectivity index (χ0n) is 10.7. The molecule has 0 spiro atoms. The molecule has 2 N–H and O–H groups in total. The van der Waals surface area contributed by atoms with Gasteiger partial charge in [0.2, 0.25) is 5.91 Å². The molecular weight excluding hydrogens is 250 g/mol. The first-order valence-corrected chi connectivity index (χ1v) is 6.66. The molecule has 0 aliphatic heterocycles. The molecule has 1 rings (SSSR count). The Morgan fingerprint density at radius 2 is 2.00 bits per heavy atom. The highest BCUT2D eigenvalue weighted by atomic mass is 32.2. The fourth-order valence-corrected chi connectivity index (χ4v) is 1.90. The summed E-state index contributed by atoms with van der Waals surface area (Å²) in [6.07, 6.45) is 0. The van der Waals surface area contributed by atoms with Gasteiger partial charge >= 0.3 is 5.97 Å². The van der Waals surface area contributed by atoms with Gasteiger partial charge in [0.1, 0.15) is 0 Å². The molecular formula is C13H17NO3S. The van der Waals surface area contributed by atoms with Gasteiger partial charge in [0, 0.05) is 5.69 Å². The minimum Gasteiger partial charge on any atom is -0.480 e. The summed E-state index contributed by atoms with van der Waals surface area (Å²) in [5, 5.41) is 10.9. The van der Waals surface area contributed by atoms with Gasteiger partial charge in [-0.25, -0.2) is 0 Å². The van der Waals surface area contributed by atoms with Crippen LogP contribution in [0.5, 0.6) is 0 Å². The van der Waals surface area contributed by atoms with Gasteiger partial charge in [-0.1, -0.05) is 6.07 Å². The number of anilines is 1. The van der Waals surface area contributed by atoms with Gasteiger partial charge in [-0.2, -0.15) is 0 Å². The third-order valence-corrected chi connectivity index (χ3v) is 3.73. The number of aryl methyl sites for hydroxylation is 2. The van der Waals surface area contributed by atoms with Gasteiger partial charge in [-0.05, 0) is 44.0 Å². The highest BCUT2D eigenvalue weighted by molar-refractivity contribution is 8.01. The van der Waals surface area contributed by atoms with E-state index in [0.29, 0.717) is 0 Å². The van der Waals surface area contributed by atoms with Crippen LogP contribution in [0.2, 0.25) is 0 Å². The Bertz CT molecular complexity index is 460. The normalized spacial score (nSPS) is 11.9. The summed E-state index contributed by atoms with van der Waals surface area (Å²) in [5.74, 6) is -0.948. The Balaban J connectivity index is 2.49. The second-order valence-electron chi connectivity index (χ2n) is 4.14. The molecule has 0 fully saturated rings. The summed E-state index contributed by atoms with van der Waals surface area (Å²) in [4.78, 5) is 22.2. The highest BCUT2D eigenvalue weighted by Crippen LogP contribution is 2.15. The standard InChI is InChI=1S/C13H17NO3S/c1-8-4-5-11(6-9(8)2)14-12(15)7-18-10(3)13(16)17/h4-6,10H,7H2,1-3H3,(H,14,15)(H,16,17). The molecule has 0 aromatic heterocycles. The quantitative estimate of drug-likeness (QED) is 0.860. The zero-order chi connectivity index (χ0) is 13.7. The van der Waals surface area contributed by atoms with E-state index in [0.717, 1.165) is 23.0 Å². The van der Waals surface area contributed by atoms with Gasteiger partial charge in [-0.3, -0.25) is 9.59 Å². The minimum atomic E-state index is -0.904. The van der Waals surface area contributed by atoms with E-state index in [2.05, 4.69) is 5.32 Å². The number of amides is 1. The van der Waals surface area contributed by atoms with Crippen LogP contribution >= 0.6 is 11.8 Å². The van der Waals surface area contributed by atoms with Crippen molar-refractivity contribution in [2.45, 2.75) is 26.0 Å². The average Bonchev–Trinajstić information content (AvgIpc) is 2.30. The summed E-state index contributed by atoms with van der Waals surface area (Å²) in [7, 11) is 0. The lowest BCUT2D eigenvalue weighted by atomic mass is 10.1. The van der Waals surface area contributed by atoms with Crippen molar-refractivity contribution in [1.82, 2.24) is 0 Å². The number of carboxylic acids is 1. The van der Waals surface area contributed by atoms with Crippen molar-refractivity contribution >= 4 is 29.3 Å². The number of benzene rings is 1. The summed E-state index contributed by atoms with van der Waals surface area (Å²) in [6, 6.07) is 5.68. The number of carboxylic acid groups (broad SMARTS) is 1. The maximum Gasteiger partial charge on any atom is 0.316 e. The number of rotatable bonds is 5. The molecule has 1 aromatic carbocycles. The molecule has 0 radical (unpaired) electrons. The van der Waals surface area contributed by atoms with E-state index in [-0.39, 0.29) is 11.7 Å². The molecule has 0 heterocycles. The predicted molar refractivity (Wildman–Crippen MR) is 74.1 cm³/mol. The Morgan fingerprint density at radius 3 is 2.56 bits per heavy atom. The van der Waals surface area contributed by atoms with Crippen molar-refractivity contribution in [3.8, 4) is 0 Å². The van der Waals surface area contributed by atoms with Crippen LogP contribution in [0.1, 0.15) is 18.1 Å². The highest BCUT2D eigenvalue weighted by Gasteiger charge is 2.13. The fraction of sp³-hybridized carbons (Fsp3) is 0.385. The summed E-state index contributed by atoms with van der Waals surface area (Å²) in [6.45, 7) is 5.55. The van der Waals surface area contributed by atoms with E-state index >= 15 is 0 Å². The first kappa shape index (κ1) is 14.6. The second-order valence-corrected chi connectivity index (χ2v) is 5.47. The van der Waals surface area contributed by atoms with Gasteiger partial charge in [0.05, 0.1) is 11.0 Å². The molecule has 0 saturated carbocycles. The van der Waals surface area contributed by atoms with Crippen molar-refractivity contribution in [3.63, 3.8) is 0 Å². The molecule has 1 amide bonds. The Hall–Kier alpha value is -1.49. The van der Waals surface area contributed by atoms with Gasteiger partial charge in [-0.15, -0.1) is 11.8 Å². The third kappa shape index (κ3) is 4.41. The molecule has 4 nitrogen and oxygen atoms in total. The van der Waals surface area contributed by atoms with Crippen molar-refractivity contribution in [1.29, 1.82) is 0 Å².